The second-order valence-corrected chi connectivity index (χ2v) is 5.50. The Hall–Kier alpha value is -2.20. The van der Waals surface area contributed by atoms with Gasteiger partial charge in [0.1, 0.15) is 5.82 Å². The van der Waals surface area contributed by atoms with E-state index in [0.29, 0.717) is 6.42 Å². The van der Waals surface area contributed by atoms with E-state index in [1.54, 1.807) is 23.5 Å². The first kappa shape index (κ1) is 12.8. The maximum absolute atomic E-state index is 13.1. The van der Waals surface area contributed by atoms with Crippen LogP contribution in [0.25, 0.3) is 11.3 Å². The summed E-state index contributed by atoms with van der Waals surface area (Å²) in [5.41, 5.74) is 9.32. The molecule has 0 atom stereocenters. The van der Waals surface area contributed by atoms with Crippen LogP contribution in [0.1, 0.15) is 10.6 Å². The molecule has 1 heterocycles. The molecule has 0 unspecified atom stereocenters. The molecule has 0 aliphatic heterocycles. The summed E-state index contributed by atoms with van der Waals surface area (Å²) >= 11 is 1.58. The lowest BCUT2D eigenvalue weighted by Crippen LogP contribution is -1.89. The molecule has 100 valence electrons. The number of rotatable bonds is 3. The number of nitrogens with zero attached hydrogens (tertiary/aromatic N) is 1. The third kappa shape index (κ3) is 2.86. The fourth-order valence-corrected chi connectivity index (χ4v) is 2.84. The number of nitrogen functional groups attached to an aromatic ring is 1. The highest BCUT2D eigenvalue weighted by atomic mass is 32.1. The summed E-state index contributed by atoms with van der Waals surface area (Å²) in [5.74, 6) is -0.210. The molecule has 3 aromatic rings. The topological polar surface area (TPSA) is 38.9 Å². The van der Waals surface area contributed by atoms with E-state index in [9.17, 15) is 4.39 Å². The molecule has 2 N–H and O–H groups in total. The maximum Gasteiger partial charge on any atom is 0.123 e. The largest absolute Gasteiger partial charge is 0.399 e. The summed E-state index contributed by atoms with van der Waals surface area (Å²) < 4.78 is 13.1. The summed E-state index contributed by atoms with van der Waals surface area (Å²) in [7, 11) is 0. The van der Waals surface area contributed by atoms with Crippen molar-refractivity contribution in [2.75, 3.05) is 5.73 Å². The number of halogens is 1. The molecule has 3 rings (SSSR count). The van der Waals surface area contributed by atoms with Gasteiger partial charge in [0, 0.05) is 23.1 Å². The highest BCUT2D eigenvalue weighted by Crippen LogP contribution is 2.24. The number of hydrogen-bond acceptors (Lipinski definition) is 3. The zero-order valence-electron chi connectivity index (χ0n) is 10.7. The van der Waals surface area contributed by atoms with E-state index < -0.39 is 0 Å². The predicted octanol–water partition coefficient (Wildman–Crippen LogP) is 4.12. The van der Waals surface area contributed by atoms with E-state index in [0.717, 1.165) is 27.5 Å². The van der Waals surface area contributed by atoms with Crippen molar-refractivity contribution < 1.29 is 4.39 Å². The normalized spacial score (nSPS) is 10.7. The van der Waals surface area contributed by atoms with Crippen LogP contribution >= 0.6 is 11.3 Å². The molecule has 0 fully saturated rings. The SMILES string of the molecule is Nc1ccc(-c2csc(Cc3cccc(F)c3)n2)cc1. The lowest BCUT2D eigenvalue weighted by atomic mass is 10.1. The molecule has 1 aromatic heterocycles. The fraction of sp³-hybridized carbons (Fsp3) is 0.0625. The molecule has 0 aliphatic carbocycles. The Morgan fingerprint density at radius 2 is 1.90 bits per heavy atom. The average Bonchev–Trinajstić information content (AvgIpc) is 2.88. The minimum absolute atomic E-state index is 0.210. The van der Waals surface area contributed by atoms with Crippen molar-refractivity contribution in [3.63, 3.8) is 0 Å². The van der Waals surface area contributed by atoms with Crippen molar-refractivity contribution in [2.45, 2.75) is 6.42 Å². The number of thiazole rings is 1. The molecule has 0 saturated heterocycles. The van der Waals surface area contributed by atoms with Gasteiger partial charge in [-0.15, -0.1) is 11.3 Å². The van der Waals surface area contributed by atoms with E-state index in [2.05, 4.69) is 4.98 Å². The molecule has 0 radical (unpaired) electrons. The standard InChI is InChI=1S/C16H13FN2S/c17-13-3-1-2-11(8-13)9-16-19-15(10-20-16)12-4-6-14(18)7-5-12/h1-8,10H,9,18H2. The lowest BCUT2D eigenvalue weighted by molar-refractivity contribution is 0.626. The second-order valence-electron chi connectivity index (χ2n) is 4.56. The molecule has 20 heavy (non-hydrogen) atoms. The first-order valence-electron chi connectivity index (χ1n) is 6.25. The Morgan fingerprint density at radius 3 is 2.65 bits per heavy atom. The van der Waals surface area contributed by atoms with Crippen molar-refractivity contribution >= 4 is 17.0 Å². The van der Waals surface area contributed by atoms with E-state index in [1.165, 1.54) is 6.07 Å². The summed E-state index contributed by atoms with van der Waals surface area (Å²) in [6, 6.07) is 14.3. The van der Waals surface area contributed by atoms with Crippen LogP contribution in [0.5, 0.6) is 0 Å². The van der Waals surface area contributed by atoms with Gasteiger partial charge in [-0.1, -0.05) is 24.3 Å². The molecule has 0 amide bonds. The van der Waals surface area contributed by atoms with Gasteiger partial charge in [0.05, 0.1) is 10.7 Å². The van der Waals surface area contributed by atoms with E-state index in [1.807, 2.05) is 35.7 Å². The number of benzene rings is 2. The summed E-state index contributed by atoms with van der Waals surface area (Å²) in [6.07, 6.45) is 0.650. The van der Waals surface area contributed by atoms with Gasteiger partial charge in [-0.05, 0) is 29.8 Å². The van der Waals surface area contributed by atoms with Crippen LogP contribution in [-0.2, 0) is 6.42 Å². The predicted molar refractivity (Wildman–Crippen MR) is 81.2 cm³/mol. The minimum atomic E-state index is -0.210. The monoisotopic (exact) mass is 284 g/mol. The lowest BCUT2D eigenvalue weighted by Gasteiger charge is -1.99. The molecule has 4 heteroatoms. The molecular formula is C16H13FN2S. The maximum atomic E-state index is 13.1. The zero-order chi connectivity index (χ0) is 13.9. The second kappa shape index (κ2) is 5.43. The van der Waals surface area contributed by atoms with Crippen molar-refractivity contribution in [3.8, 4) is 11.3 Å². The minimum Gasteiger partial charge on any atom is -0.399 e. The first-order chi connectivity index (χ1) is 9.70. The first-order valence-corrected chi connectivity index (χ1v) is 7.13. The third-order valence-corrected chi connectivity index (χ3v) is 3.85. The Bertz CT molecular complexity index is 719. The van der Waals surface area contributed by atoms with E-state index in [4.69, 9.17) is 5.73 Å². The molecule has 0 spiro atoms. The van der Waals surface area contributed by atoms with E-state index >= 15 is 0 Å². The van der Waals surface area contributed by atoms with Gasteiger partial charge in [-0.25, -0.2) is 9.37 Å². The number of anilines is 1. The Kier molecular flexibility index (Phi) is 3.48. The zero-order valence-corrected chi connectivity index (χ0v) is 11.5. The van der Waals surface area contributed by atoms with Gasteiger partial charge in [0.2, 0.25) is 0 Å². The summed E-state index contributed by atoms with van der Waals surface area (Å²) in [5, 5.41) is 2.99. The smallest absolute Gasteiger partial charge is 0.123 e. The van der Waals surface area contributed by atoms with Crippen LogP contribution < -0.4 is 5.73 Å². The Morgan fingerprint density at radius 1 is 1.10 bits per heavy atom. The van der Waals surface area contributed by atoms with Gasteiger partial charge in [0.15, 0.2) is 0 Å². The van der Waals surface area contributed by atoms with Crippen LogP contribution in [0.15, 0.2) is 53.9 Å². The van der Waals surface area contributed by atoms with Gasteiger partial charge in [-0.3, -0.25) is 0 Å². The Labute approximate surface area is 120 Å². The van der Waals surface area contributed by atoms with E-state index in [-0.39, 0.29) is 5.82 Å². The summed E-state index contributed by atoms with van der Waals surface area (Å²) in [4.78, 5) is 4.59. The van der Waals surface area contributed by atoms with Gasteiger partial charge in [0.25, 0.3) is 0 Å². The van der Waals surface area contributed by atoms with Crippen LogP contribution in [0, 0.1) is 5.82 Å². The number of hydrogen-bond donors (Lipinski definition) is 1. The highest BCUT2D eigenvalue weighted by Gasteiger charge is 2.06. The van der Waals surface area contributed by atoms with Crippen LogP contribution in [0.2, 0.25) is 0 Å². The van der Waals surface area contributed by atoms with Crippen LogP contribution in [0.4, 0.5) is 10.1 Å². The molecule has 0 aliphatic rings. The third-order valence-electron chi connectivity index (χ3n) is 3.00. The van der Waals surface area contributed by atoms with Crippen LogP contribution in [-0.4, -0.2) is 4.98 Å². The van der Waals surface area contributed by atoms with Gasteiger partial charge < -0.3 is 5.73 Å². The Balaban J connectivity index is 1.82. The fourth-order valence-electron chi connectivity index (χ4n) is 2.00. The highest BCUT2D eigenvalue weighted by molar-refractivity contribution is 7.10. The van der Waals surface area contributed by atoms with Crippen LogP contribution in [0.3, 0.4) is 0 Å². The number of nitrogens with two attached hydrogens (primary N) is 1. The van der Waals surface area contributed by atoms with Crippen molar-refractivity contribution in [1.82, 2.24) is 4.98 Å². The molecule has 0 saturated carbocycles. The molecular weight excluding hydrogens is 271 g/mol. The average molecular weight is 284 g/mol. The molecule has 2 aromatic carbocycles. The van der Waals surface area contributed by atoms with Crippen molar-refractivity contribution in [2.24, 2.45) is 0 Å². The number of aromatic nitrogens is 1. The molecule has 0 bridgehead atoms. The van der Waals surface area contributed by atoms with Crippen molar-refractivity contribution in [1.29, 1.82) is 0 Å². The van der Waals surface area contributed by atoms with Crippen molar-refractivity contribution in [3.05, 3.63) is 70.3 Å². The quantitative estimate of drug-likeness (QED) is 0.735. The molecule has 2 nitrogen and oxygen atoms in total. The van der Waals surface area contributed by atoms with Gasteiger partial charge >= 0.3 is 0 Å². The summed E-state index contributed by atoms with van der Waals surface area (Å²) in [6.45, 7) is 0. The van der Waals surface area contributed by atoms with Gasteiger partial charge in [-0.2, -0.15) is 0 Å².